The average Bonchev–Trinajstić information content (AvgIpc) is 2.26. The predicted octanol–water partition coefficient (Wildman–Crippen LogP) is 0.980. The molecule has 8 heteroatoms. The number of hydrogen-bond donors (Lipinski definition) is 3. The minimum Gasteiger partial charge on any atom is -0.476 e. The van der Waals surface area contributed by atoms with Gasteiger partial charge in [-0.3, -0.25) is 5.32 Å². The quantitative estimate of drug-likeness (QED) is 0.745. The molecule has 0 saturated carbocycles. The molecule has 1 aromatic rings. The maximum Gasteiger partial charge on any atom is 0.413 e. The van der Waals surface area contributed by atoms with Crippen molar-refractivity contribution in [1.82, 2.24) is 9.97 Å². The van der Waals surface area contributed by atoms with Crippen molar-refractivity contribution in [3.8, 4) is 0 Å². The number of nitrogens with one attached hydrogen (secondary N) is 1. The fraction of sp³-hybridized carbons (Fsp3) is 0.455. The van der Waals surface area contributed by atoms with Crippen molar-refractivity contribution in [2.45, 2.75) is 32.9 Å². The van der Waals surface area contributed by atoms with Crippen molar-refractivity contribution in [2.75, 3.05) is 5.32 Å². The molecular formula is C11H16N4O4. The Balaban J connectivity index is 2.95. The zero-order valence-electron chi connectivity index (χ0n) is 10.9. The molecule has 0 atom stereocenters. The van der Waals surface area contributed by atoms with Gasteiger partial charge in [-0.25, -0.2) is 19.6 Å². The van der Waals surface area contributed by atoms with E-state index in [0.717, 1.165) is 0 Å². The summed E-state index contributed by atoms with van der Waals surface area (Å²) in [6.07, 6.45) is 0.490. The van der Waals surface area contributed by atoms with E-state index >= 15 is 0 Å². The fourth-order valence-corrected chi connectivity index (χ4v) is 1.16. The number of amides is 1. The molecule has 1 rings (SSSR count). The summed E-state index contributed by atoms with van der Waals surface area (Å²) in [5, 5.41) is 11.2. The molecule has 0 aliphatic heterocycles. The van der Waals surface area contributed by atoms with Gasteiger partial charge in [-0.1, -0.05) is 0 Å². The van der Waals surface area contributed by atoms with Gasteiger partial charge in [-0.05, 0) is 20.8 Å². The highest BCUT2D eigenvalue weighted by Crippen LogP contribution is 2.13. The van der Waals surface area contributed by atoms with Crippen molar-refractivity contribution < 1.29 is 19.4 Å². The summed E-state index contributed by atoms with van der Waals surface area (Å²) in [4.78, 5) is 30.1. The molecule has 0 fully saturated rings. The molecular weight excluding hydrogens is 252 g/mol. The van der Waals surface area contributed by atoms with E-state index in [1.54, 1.807) is 20.8 Å². The van der Waals surface area contributed by atoms with Gasteiger partial charge in [0.2, 0.25) is 0 Å². The summed E-state index contributed by atoms with van der Waals surface area (Å²) in [6, 6.07) is 0. The topological polar surface area (TPSA) is 127 Å². The molecule has 0 aromatic carbocycles. The monoisotopic (exact) mass is 268 g/mol. The van der Waals surface area contributed by atoms with E-state index in [-0.39, 0.29) is 18.1 Å². The zero-order valence-corrected chi connectivity index (χ0v) is 10.9. The second-order valence-electron chi connectivity index (χ2n) is 4.69. The summed E-state index contributed by atoms with van der Waals surface area (Å²) >= 11 is 0. The van der Waals surface area contributed by atoms with Crippen LogP contribution < -0.4 is 11.1 Å². The van der Waals surface area contributed by atoms with E-state index in [9.17, 15) is 9.59 Å². The third-order valence-corrected chi connectivity index (χ3v) is 1.85. The molecule has 0 aliphatic carbocycles. The summed E-state index contributed by atoms with van der Waals surface area (Å²) < 4.78 is 5.00. The number of aromatic nitrogens is 2. The Morgan fingerprint density at radius 1 is 1.47 bits per heavy atom. The van der Waals surface area contributed by atoms with Gasteiger partial charge in [-0.2, -0.15) is 0 Å². The normalized spacial score (nSPS) is 10.9. The molecule has 104 valence electrons. The van der Waals surface area contributed by atoms with Crippen LogP contribution in [0, 0.1) is 0 Å². The Bertz CT molecular complexity index is 496. The van der Waals surface area contributed by atoms with Crippen molar-refractivity contribution in [1.29, 1.82) is 0 Å². The average molecular weight is 268 g/mol. The molecule has 0 aliphatic rings. The van der Waals surface area contributed by atoms with E-state index in [2.05, 4.69) is 15.3 Å². The Morgan fingerprint density at radius 2 is 2.11 bits per heavy atom. The number of carbonyl (C=O) groups is 2. The van der Waals surface area contributed by atoms with Crippen molar-refractivity contribution in [2.24, 2.45) is 5.73 Å². The number of carboxylic acid groups (broad SMARTS) is 1. The number of anilines is 1. The van der Waals surface area contributed by atoms with Gasteiger partial charge in [0.05, 0.1) is 11.9 Å². The van der Waals surface area contributed by atoms with Crippen molar-refractivity contribution in [3.05, 3.63) is 17.6 Å². The molecule has 0 unspecified atom stereocenters. The van der Waals surface area contributed by atoms with Crippen LogP contribution >= 0.6 is 0 Å². The van der Waals surface area contributed by atoms with Gasteiger partial charge in [0, 0.05) is 6.54 Å². The van der Waals surface area contributed by atoms with Crippen LogP contribution in [0.2, 0.25) is 0 Å². The number of rotatable bonds is 3. The lowest BCUT2D eigenvalue weighted by Gasteiger charge is -2.19. The first-order valence-corrected chi connectivity index (χ1v) is 5.52. The third-order valence-electron chi connectivity index (χ3n) is 1.85. The molecule has 1 heterocycles. The van der Waals surface area contributed by atoms with Crippen LogP contribution in [0.3, 0.4) is 0 Å². The highest BCUT2D eigenvalue weighted by atomic mass is 16.6. The standard InChI is InChI=1S/C11H16N4O4/c1-11(2,3)19-10(18)15-8-7(9(16)17)14-6(4-12)5-13-8/h5H,4,12H2,1-3H3,(H,16,17)(H,13,15,18). The highest BCUT2D eigenvalue weighted by molar-refractivity contribution is 5.95. The van der Waals surface area contributed by atoms with E-state index in [1.807, 2.05) is 0 Å². The summed E-state index contributed by atoms with van der Waals surface area (Å²) in [7, 11) is 0. The Labute approximate surface area is 110 Å². The lowest BCUT2D eigenvalue weighted by molar-refractivity contribution is 0.0635. The smallest absolute Gasteiger partial charge is 0.413 e. The first-order valence-electron chi connectivity index (χ1n) is 5.52. The van der Waals surface area contributed by atoms with Gasteiger partial charge in [0.25, 0.3) is 0 Å². The molecule has 0 saturated heterocycles. The highest BCUT2D eigenvalue weighted by Gasteiger charge is 2.20. The Hall–Kier alpha value is -2.22. The predicted molar refractivity (Wildman–Crippen MR) is 66.7 cm³/mol. The largest absolute Gasteiger partial charge is 0.476 e. The number of aromatic carboxylic acids is 1. The molecule has 0 bridgehead atoms. The van der Waals surface area contributed by atoms with Crippen LogP contribution in [0.25, 0.3) is 0 Å². The summed E-state index contributed by atoms with van der Waals surface area (Å²) in [5.41, 5.74) is 4.58. The second-order valence-corrected chi connectivity index (χ2v) is 4.69. The number of carboxylic acids is 1. The van der Waals surface area contributed by atoms with Crippen LogP contribution in [0.5, 0.6) is 0 Å². The van der Waals surface area contributed by atoms with Crippen molar-refractivity contribution >= 4 is 17.9 Å². The van der Waals surface area contributed by atoms with Gasteiger partial charge in [-0.15, -0.1) is 0 Å². The zero-order chi connectivity index (χ0) is 14.6. The van der Waals surface area contributed by atoms with Crippen LogP contribution in [0.1, 0.15) is 37.0 Å². The molecule has 19 heavy (non-hydrogen) atoms. The van der Waals surface area contributed by atoms with E-state index < -0.39 is 17.7 Å². The second kappa shape index (κ2) is 5.61. The maximum absolute atomic E-state index is 11.5. The maximum atomic E-state index is 11.5. The summed E-state index contributed by atoms with van der Waals surface area (Å²) in [6.45, 7) is 5.12. The van der Waals surface area contributed by atoms with Crippen LogP contribution in [-0.2, 0) is 11.3 Å². The number of hydrogen-bond acceptors (Lipinski definition) is 6. The molecule has 1 aromatic heterocycles. The van der Waals surface area contributed by atoms with Gasteiger partial charge in [0.1, 0.15) is 5.60 Å². The van der Waals surface area contributed by atoms with E-state index in [1.165, 1.54) is 6.20 Å². The van der Waals surface area contributed by atoms with Gasteiger partial charge >= 0.3 is 12.1 Å². The SMILES string of the molecule is CC(C)(C)OC(=O)Nc1ncc(CN)nc1C(=O)O. The molecule has 0 spiro atoms. The van der Waals surface area contributed by atoms with Crippen molar-refractivity contribution in [3.63, 3.8) is 0 Å². The fourth-order valence-electron chi connectivity index (χ4n) is 1.16. The number of nitrogens with two attached hydrogens (primary N) is 1. The minimum atomic E-state index is -1.31. The lowest BCUT2D eigenvalue weighted by Crippen LogP contribution is -2.28. The molecule has 8 nitrogen and oxygen atoms in total. The molecule has 1 amide bonds. The number of ether oxygens (including phenoxy) is 1. The van der Waals surface area contributed by atoms with Crippen LogP contribution in [-0.4, -0.2) is 32.7 Å². The third kappa shape index (κ3) is 4.51. The van der Waals surface area contributed by atoms with Gasteiger partial charge in [0.15, 0.2) is 11.5 Å². The van der Waals surface area contributed by atoms with Crippen LogP contribution in [0.4, 0.5) is 10.6 Å². The summed E-state index contributed by atoms with van der Waals surface area (Å²) in [5.74, 6) is -1.49. The van der Waals surface area contributed by atoms with E-state index in [0.29, 0.717) is 5.69 Å². The Morgan fingerprint density at radius 3 is 2.58 bits per heavy atom. The van der Waals surface area contributed by atoms with Gasteiger partial charge < -0.3 is 15.6 Å². The minimum absolute atomic E-state index is 0.0556. The molecule has 4 N–H and O–H groups in total. The number of carbonyl (C=O) groups excluding carboxylic acids is 1. The number of nitrogens with zero attached hydrogens (tertiary/aromatic N) is 2. The first kappa shape index (κ1) is 14.8. The molecule has 0 radical (unpaired) electrons. The lowest BCUT2D eigenvalue weighted by atomic mass is 10.2. The first-order chi connectivity index (χ1) is 8.73. The Kier molecular flexibility index (Phi) is 4.38. The van der Waals surface area contributed by atoms with Crippen LogP contribution in [0.15, 0.2) is 6.20 Å². The van der Waals surface area contributed by atoms with E-state index in [4.69, 9.17) is 15.6 Å².